The molecule has 2 N–H and O–H groups in total. The van der Waals surface area contributed by atoms with Crippen LogP contribution in [-0.4, -0.2) is 41.8 Å². The molecule has 0 saturated heterocycles. The number of rotatable bonds is 6. The molecule has 0 heterocycles. The van der Waals surface area contributed by atoms with Crippen molar-refractivity contribution in [2.24, 2.45) is 5.14 Å². The Morgan fingerprint density at radius 2 is 1.95 bits per heavy atom. The summed E-state index contributed by atoms with van der Waals surface area (Å²) in [5.41, 5.74) is -0.00914. The zero-order valence-electron chi connectivity index (χ0n) is 10.6. The molecule has 7 nitrogen and oxygen atoms in total. The molecule has 0 aromatic heterocycles. The Hall–Kier alpha value is -1.64. The average Bonchev–Trinajstić information content (AvgIpc) is 2.37. The number of sulfonamides is 1. The largest absolute Gasteiger partial charge is 0.496 e. The summed E-state index contributed by atoms with van der Waals surface area (Å²) >= 11 is 0. The summed E-state index contributed by atoms with van der Waals surface area (Å²) in [4.78, 5) is 11.6. The molecular weight excluding hydrogens is 274 g/mol. The standard InChI is InChI=1S/C11H15NO6S/c1-16-5-6-18-11(13)9-7-8(19(12,14)15)3-4-10(9)17-2/h3-4,7H,5-6H2,1-2H3,(H2,12,14,15). The van der Waals surface area contributed by atoms with Gasteiger partial charge < -0.3 is 14.2 Å². The number of primary sulfonamides is 1. The van der Waals surface area contributed by atoms with Gasteiger partial charge in [-0.15, -0.1) is 0 Å². The smallest absolute Gasteiger partial charge is 0.342 e. The van der Waals surface area contributed by atoms with Crippen molar-refractivity contribution in [1.82, 2.24) is 0 Å². The molecule has 0 saturated carbocycles. The highest BCUT2D eigenvalue weighted by molar-refractivity contribution is 7.89. The maximum absolute atomic E-state index is 11.8. The maximum Gasteiger partial charge on any atom is 0.342 e. The minimum atomic E-state index is -3.90. The van der Waals surface area contributed by atoms with Crippen LogP contribution in [0.3, 0.4) is 0 Å². The zero-order chi connectivity index (χ0) is 14.5. The Balaban J connectivity index is 3.06. The number of ether oxygens (including phenoxy) is 3. The zero-order valence-corrected chi connectivity index (χ0v) is 11.4. The van der Waals surface area contributed by atoms with E-state index >= 15 is 0 Å². The third-order valence-corrected chi connectivity index (χ3v) is 3.15. The van der Waals surface area contributed by atoms with Crippen LogP contribution in [0.2, 0.25) is 0 Å². The fraction of sp³-hybridized carbons (Fsp3) is 0.364. The molecule has 0 spiro atoms. The van der Waals surface area contributed by atoms with Crippen LogP contribution in [-0.2, 0) is 19.5 Å². The van der Waals surface area contributed by atoms with E-state index in [0.29, 0.717) is 0 Å². The highest BCUT2D eigenvalue weighted by Gasteiger charge is 2.18. The Morgan fingerprint density at radius 1 is 1.26 bits per heavy atom. The number of hydrogen-bond donors (Lipinski definition) is 1. The van der Waals surface area contributed by atoms with E-state index in [9.17, 15) is 13.2 Å². The number of hydrogen-bond acceptors (Lipinski definition) is 6. The molecule has 1 aromatic carbocycles. The van der Waals surface area contributed by atoms with E-state index in [1.54, 1.807) is 0 Å². The quantitative estimate of drug-likeness (QED) is 0.590. The van der Waals surface area contributed by atoms with Crippen LogP contribution < -0.4 is 9.88 Å². The lowest BCUT2D eigenvalue weighted by molar-refractivity contribution is 0.0384. The summed E-state index contributed by atoms with van der Waals surface area (Å²) in [6.07, 6.45) is 0. The minimum absolute atomic E-state index is 0.00914. The molecule has 0 aliphatic rings. The van der Waals surface area contributed by atoms with Crippen LogP contribution >= 0.6 is 0 Å². The Bertz CT molecular complexity index is 554. The average molecular weight is 289 g/mol. The lowest BCUT2D eigenvalue weighted by atomic mass is 10.2. The summed E-state index contributed by atoms with van der Waals surface area (Å²) in [7, 11) is -1.07. The van der Waals surface area contributed by atoms with Gasteiger partial charge >= 0.3 is 5.97 Å². The molecule has 19 heavy (non-hydrogen) atoms. The van der Waals surface area contributed by atoms with Gasteiger partial charge in [0.05, 0.1) is 18.6 Å². The molecule has 0 bridgehead atoms. The van der Waals surface area contributed by atoms with E-state index in [2.05, 4.69) is 0 Å². The fourth-order valence-electron chi connectivity index (χ4n) is 1.32. The van der Waals surface area contributed by atoms with Gasteiger partial charge in [0.1, 0.15) is 17.9 Å². The van der Waals surface area contributed by atoms with Crippen molar-refractivity contribution in [2.75, 3.05) is 27.4 Å². The van der Waals surface area contributed by atoms with E-state index in [1.165, 1.54) is 26.4 Å². The Morgan fingerprint density at radius 3 is 2.47 bits per heavy atom. The van der Waals surface area contributed by atoms with E-state index in [0.717, 1.165) is 6.07 Å². The first-order chi connectivity index (χ1) is 8.90. The van der Waals surface area contributed by atoms with Crippen LogP contribution in [0.15, 0.2) is 23.1 Å². The third kappa shape index (κ3) is 4.19. The second-order valence-corrected chi connectivity index (χ2v) is 5.10. The summed E-state index contributed by atoms with van der Waals surface area (Å²) in [5, 5.41) is 5.00. The summed E-state index contributed by atoms with van der Waals surface area (Å²) in [6, 6.07) is 3.70. The number of carbonyl (C=O) groups excluding carboxylic acids is 1. The maximum atomic E-state index is 11.8. The van der Waals surface area contributed by atoms with E-state index < -0.39 is 16.0 Å². The Kier molecular flexibility index (Phi) is 5.28. The van der Waals surface area contributed by atoms with Gasteiger partial charge in [0.15, 0.2) is 0 Å². The monoisotopic (exact) mass is 289 g/mol. The van der Waals surface area contributed by atoms with Crippen molar-refractivity contribution in [2.45, 2.75) is 4.90 Å². The van der Waals surface area contributed by atoms with Gasteiger partial charge in [-0.3, -0.25) is 0 Å². The molecule has 0 fully saturated rings. The lowest BCUT2D eigenvalue weighted by Crippen LogP contribution is -2.15. The van der Waals surface area contributed by atoms with Gasteiger partial charge in [-0.05, 0) is 18.2 Å². The molecule has 0 amide bonds. The van der Waals surface area contributed by atoms with Crippen LogP contribution in [0, 0.1) is 0 Å². The molecule has 0 radical (unpaired) electrons. The van der Waals surface area contributed by atoms with Gasteiger partial charge in [0, 0.05) is 7.11 Å². The molecule has 0 atom stereocenters. The fourth-order valence-corrected chi connectivity index (χ4v) is 1.86. The topological polar surface area (TPSA) is 105 Å². The van der Waals surface area contributed by atoms with E-state index in [1.807, 2.05) is 0 Å². The predicted molar refractivity (Wildman–Crippen MR) is 66.5 cm³/mol. The second kappa shape index (κ2) is 6.50. The second-order valence-electron chi connectivity index (χ2n) is 3.54. The number of nitrogens with two attached hydrogens (primary N) is 1. The van der Waals surface area contributed by atoms with Crippen LogP contribution in [0.25, 0.3) is 0 Å². The van der Waals surface area contributed by atoms with Gasteiger partial charge in [0.25, 0.3) is 0 Å². The highest BCUT2D eigenvalue weighted by Crippen LogP contribution is 2.22. The van der Waals surface area contributed by atoms with Crippen molar-refractivity contribution < 1.29 is 27.4 Å². The number of benzene rings is 1. The number of esters is 1. The van der Waals surface area contributed by atoms with Gasteiger partial charge in [0.2, 0.25) is 10.0 Å². The highest BCUT2D eigenvalue weighted by atomic mass is 32.2. The molecule has 1 aromatic rings. The number of methoxy groups -OCH3 is 2. The number of carbonyl (C=O) groups is 1. The van der Waals surface area contributed by atoms with Crippen molar-refractivity contribution in [3.8, 4) is 5.75 Å². The van der Waals surface area contributed by atoms with Gasteiger partial charge in [-0.25, -0.2) is 18.4 Å². The first-order valence-electron chi connectivity index (χ1n) is 5.27. The van der Waals surface area contributed by atoms with Gasteiger partial charge in [-0.1, -0.05) is 0 Å². The lowest BCUT2D eigenvalue weighted by Gasteiger charge is -2.09. The summed E-state index contributed by atoms with van der Waals surface area (Å²) in [5.74, 6) is -0.505. The molecule has 106 valence electrons. The van der Waals surface area contributed by atoms with E-state index in [-0.39, 0.29) is 29.4 Å². The first-order valence-corrected chi connectivity index (χ1v) is 6.81. The van der Waals surface area contributed by atoms with Gasteiger partial charge in [-0.2, -0.15) is 0 Å². The molecule has 8 heteroatoms. The SMILES string of the molecule is COCCOC(=O)c1cc(S(N)(=O)=O)ccc1OC. The summed E-state index contributed by atoms with van der Waals surface area (Å²) < 4.78 is 37.1. The molecule has 1 rings (SSSR count). The van der Waals surface area contributed by atoms with Crippen molar-refractivity contribution >= 4 is 16.0 Å². The molecular formula is C11H15NO6S. The third-order valence-electron chi connectivity index (χ3n) is 2.24. The van der Waals surface area contributed by atoms with Crippen molar-refractivity contribution in [3.05, 3.63) is 23.8 Å². The minimum Gasteiger partial charge on any atom is -0.496 e. The normalized spacial score (nSPS) is 11.1. The first kappa shape index (κ1) is 15.4. The van der Waals surface area contributed by atoms with Crippen molar-refractivity contribution in [1.29, 1.82) is 0 Å². The van der Waals surface area contributed by atoms with Crippen LogP contribution in [0.5, 0.6) is 5.75 Å². The van der Waals surface area contributed by atoms with Crippen molar-refractivity contribution in [3.63, 3.8) is 0 Å². The van der Waals surface area contributed by atoms with Crippen LogP contribution in [0.1, 0.15) is 10.4 Å². The molecule has 0 aliphatic heterocycles. The van der Waals surface area contributed by atoms with Crippen LogP contribution in [0.4, 0.5) is 0 Å². The molecule has 0 aliphatic carbocycles. The Labute approximate surface area is 111 Å². The summed E-state index contributed by atoms with van der Waals surface area (Å²) in [6.45, 7) is 0.293. The van der Waals surface area contributed by atoms with E-state index in [4.69, 9.17) is 19.3 Å². The predicted octanol–water partition coefficient (Wildman–Crippen LogP) is 0.146. The molecule has 0 unspecified atom stereocenters.